The molecule has 9 nitrogen and oxygen atoms in total. The highest BCUT2D eigenvalue weighted by Gasteiger charge is 2.44. The van der Waals surface area contributed by atoms with E-state index < -0.39 is 23.5 Å². The average molecular weight is 565 g/mol. The molecule has 220 valence electrons. The van der Waals surface area contributed by atoms with Crippen LogP contribution in [0.1, 0.15) is 56.3 Å². The van der Waals surface area contributed by atoms with Crippen molar-refractivity contribution in [1.29, 1.82) is 0 Å². The van der Waals surface area contributed by atoms with Gasteiger partial charge in [-0.05, 0) is 55.3 Å². The summed E-state index contributed by atoms with van der Waals surface area (Å²) < 4.78 is 22.9. The zero-order chi connectivity index (χ0) is 29.7. The van der Waals surface area contributed by atoms with Crippen molar-refractivity contribution in [2.24, 2.45) is 5.92 Å². The number of aliphatic hydroxyl groups excluding tert-OH is 1. The van der Waals surface area contributed by atoms with E-state index in [0.29, 0.717) is 59.4 Å². The fourth-order valence-electron chi connectivity index (χ4n) is 5.07. The molecule has 0 saturated carbocycles. The third-order valence-electron chi connectivity index (χ3n) is 7.51. The maximum Gasteiger partial charge on any atom is 0.290 e. The number of methoxy groups -OCH3 is 2. The monoisotopic (exact) mass is 564 g/mol. The van der Waals surface area contributed by atoms with Crippen molar-refractivity contribution in [2.45, 2.75) is 40.2 Å². The maximum absolute atomic E-state index is 14.0. The van der Waals surface area contributed by atoms with Gasteiger partial charge in [0.05, 0.1) is 32.4 Å². The molecule has 0 aliphatic carbocycles. The second kappa shape index (κ2) is 13.1. The van der Waals surface area contributed by atoms with Crippen molar-refractivity contribution in [1.82, 2.24) is 9.80 Å². The van der Waals surface area contributed by atoms with Crippen LogP contribution < -0.4 is 14.2 Å². The van der Waals surface area contributed by atoms with Gasteiger partial charge >= 0.3 is 0 Å². The van der Waals surface area contributed by atoms with Gasteiger partial charge < -0.3 is 33.5 Å². The van der Waals surface area contributed by atoms with Crippen LogP contribution in [-0.2, 0) is 4.79 Å². The van der Waals surface area contributed by atoms with E-state index in [2.05, 4.69) is 32.6 Å². The van der Waals surface area contributed by atoms with E-state index in [-0.39, 0.29) is 11.3 Å². The molecule has 4 rings (SSSR count). The van der Waals surface area contributed by atoms with Gasteiger partial charge in [-0.25, -0.2) is 0 Å². The lowest BCUT2D eigenvalue weighted by Gasteiger charge is -2.29. The molecule has 41 heavy (non-hydrogen) atoms. The predicted octanol–water partition coefficient (Wildman–Crippen LogP) is 5.80. The molecule has 0 bridgehead atoms. The number of benzene rings is 2. The molecule has 1 atom stereocenters. The Bertz CT molecular complexity index is 1420. The lowest BCUT2D eigenvalue weighted by molar-refractivity contribution is -0.129. The van der Waals surface area contributed by atoms with Gasteiger partial charge in [0.1, 0.15) is 0 Å². The Morgan fingerprint density at radius 1 is 1.05 bits per heavy atom. The van der Waals surface area contributed by atoms with Crippen molar-refractivity contribution in [3.8, 4) is 17.2 Å². The number of ether oxygens (including phenoxy) is 3. The van der Waals surface area contributed by atoms with E-state index in [0.717, 1.165) is 19.5 Å². The number of nitrogens with zero attached hydrogens (tertiary/aromatic N) is 2. The molecular formula is C32H40N2O7. The van der Waals surface area contributed by atoms with Crippen molar-refractivity contribution in [3.05, 3.63) is 65.1 Å². The number of aliphatic hydroxyl groups is 1. The summed E-state index contributed by atoms with van der Waals surface area (Å²) in [6.45, 7) is 11.4. The first-order valence-electron chi connectivity index (χ1n) is 14.1. The van der Waals surface area contributed by atoms with Crippen LogP contribution in [0.3, 0.4) is 0 Å². The highest BCUT2D eigenvalue weighted by atomic mass is 16.5. The van der Waals surface area contributed by atoms with Crippen LogP contribution in [-0.4, -0.2) is 73.6 Å². The number of para-hydroxylation sites is 1. The summed E-state index contributed by atoms with van der Waals surface area (Å²) in [5.41, 5.74) is 0.998. The average Bonchev–Trinajstić information content (AvgIpc) is 3.52. The number of carbonyl (C=O) groups excluding carboxylic acids is 2. The van der Waals surface area contributed by atoms with Gasteiger partial charge in [-0.3, -0.25) is 9.59 Å². The summed E-state index contributed by atoms with van der Waals surface area (Å²) in [7, 11) is 3.07. The topological polar surface area (TPSA) is 102 Å². The molecule has 1 unspecified atom stereocenters. The fraction of sp³-hybridized carbons (Fsp3) is 0.438. The van der Waals surface area contributed by atoms with Gasteiger partial charge in [-0.15, -0.1) is 0 Å². The normalized spacial score (nSPS) is 15.5. The SMILES string of the molecule is CCN(CC)CCN1C(=O)C(O)=C(C(=O)c2cc3cccc(OC)c3o2)C1c1ccc(OCCC(C)C)c(OC)c1. The van der Waals surface area contributed by atoms with E-state index >= 15 is 0 Å². The smallest absolute Gasteiger partial charge is 0.290 e. The van der Waals surface area contributed by atoms with Gasteiger partial charge in [0.15, 0.2) is 34.4 Å². The summed E-state index contributed by atoms with van der Waals surface area (Å²) in [5.74, 6) is 0.284. The van der Waals surface area contributed by atoms with Gasteiger partial charge in [0.25, 0.3) is 5.91 Å². The second-order valence-electron chi connectivity index (χ2n) is 10.4. The quantitative estimate of drug-likeness (QED) is 0.245. The highest BCUT2D eigenvalue weighted by molar-refractivity contribution is 6.16. The minimum Gasteiger partial charge on any atom is -0.503 e. The van der Waals surface area contributed by atoms with Crippen molar-refractivity contribution in [2.75, 3.05) is 47.0 Å². The highest BCUT2D eigenvalue weighted by Crippen LogP contribution is 2.42. The van der Waals surface area contributed by atoms with E-state index in [9.17, 15) is 14.7 Å². The van der Waals surface area contributed by atoms with E-state index in [4.69, 9.17) is 18.6 Å². The molecule has 0 saturated heterocycles. The number of likely N-dealkylation sites (N-methyl/N-ethyl adjacent to an activating group) is 1. The number of rotatable bonds is 14. The molecule has 2 heterocycles. The van der Waals surface area contributed by atoms with Crippen LogP contribution in [0, 0.1) is 5.92 Å². The van der Waals surface area contributed by atoms with Gasteiger partial charge in [0, 0.05) is 18.5 Å². The Kier molecular flexibility index (Phi) is 9.60. The molecule has 0 fully saturated rings. The Balaban J connectivity index is 1.76. The molecule has 3 aromatic rings. The molecular weight excluding hydrogens is 524 g/mol. The largest absolute Gasteiger partial charge is 0.503 e. The maximum atomic E-state index is 14.0. The summed E-state index contributed by atoms with van der Waals surface area (Å²) >= 11 is 0. The Morgan fingerprint density at radius 3 is 2.44 bits per heavy atom. The first-order chi connectivity index (χ1) is 19.7. The molecule has 1 aromatic heterocycles. The standard InChI is InChI=1S/C32H40N2O7/c1-7-33(8-2)15-16-34-28(21-12-13-23(25(18-21)39-6)40-17-14-20(3)4)27(30(36)32(34)37)29(35)26-19-22-10-9-11-24(38-5)31(22)41-26/h9-13,18-20,28,36H,7-8,14-17H2,1-6H3. The lowest BCUT2D eigenvalue weighted by atomic mass is 9.94. The van der Waals surface area contributed by atoms with Crippen molar-refractivity contribution < 1.29 is 33.3 Å². The first kappa shape index (κ1) is 30.0. The van der Waals surface area contributed by atoms with Crippen LogP contribution in [0.15, 0.2) is 58.2 Å². The Labute approximate surface area is 241 Å². The second-order valence-corrected chi connectivity index (χ2v) is 10.4. The van der Waals surface area contributed by atoms with Crippen molar-refractivity contribution >= 4 is 22.7 Å². The van der Waals surface area contributed by atoms with Crippen LogP contribution in [0.4, 0.5) is 0 Å². The number of amides is 1. The van der Waals surface area contributed by atoms with E-state index in [1.165, 1.54) is 12.0 Å². The number of carbonyl (C=O) groups is 2. The third-order valence-corrected chi connectivity index (χ3v) is 7.51. The van der Waals surface area contributed by atoms with Crippen LogP contribution >= 0.6 is 0 Å². The zero-order valence-corrected chi connectivity index (χ0v) is 24.7. The van der Waals surface area contributed by atoms with E-state index in [1.54, 1.807) is 37.4 Å². The number of furan rings is 1. The molecule has 2 aromatic carbocycles. The number of hydrogen-bond donors (Lipinski definition) is 1. The summed E-state index contributed by atoms with van der Waals surface area (Å²) in [6.07, 6.45) is 0.888. The Morgan fingerprint density at radius 2 is 1.78 bits per heavy atom. The van der Waals surface area contributed by atoms with E-state index in [1.807, 2.05) is 12.1 Å². The predicted molar refractivity (Wildman–Crippen MR) is 157 cm³/mol. The molecule has 1 N–H and O–H groups in total. The first-order valence-corrected chi connectivity index (χ1v) is 14.1. The fourth-order valence-corrected chi connectivity index (χ4v) is 5.07. The minimum atomic E-state index is -0.848. The number of Topliss-reactive ketones (excluding diaryl/α,β-unsaturated/α-hetero) is 1. The number of fused-ring (bicyclic) bond motifs is 1. The Hall–Kier alpha value is -3.98. The molecule has 0 radical (unpaired) electrons. The summed E-state index contributed by atoms with van der Waals surface area (Å²) in [6, 6.07) is 11.5. The minimum absolute atomic E-state index is 0.00930. The molecule has 0 spiro atoms. The number of ketones is 1. The van der Waals surface area contributed by atoms with Gasteiger partial charge in [0.2, 0.25) is 5.78 Å². The summed E-state index contributed by atoms with van der Waals surface area (Å²) in [4.78, 5) is 31.2. The molecule has 1 amide bonds. The lowest BCUT2D eigenvalue weighted by Crippen LogP contribution is -2.38. The molecule has 9 heteroatoms. The number of hydrogen-bond acceptors (Lipinski definition) is 8. The third kappa shape index (κ3) is 6.20. The van der Waals surface area contributed by atoms with Gasteiger partial charge in [-0.1, -0.05) is 45.9 Å². The molecule has 1 aliphatic heterocycles. The van der Waals surface area contributed by atoms with Crippen LogP contribution in [0.25, 0.3) is 11.0 Å². The molecule has 1 aliphatic rings. The van der Waals surface area contributed by atoms with Crippen molar-refractivity contribution in [3.63, 3.8) is 0 Å². The zero-order valence-electron chi connectivity index (χ0n) is 24.7. The summed E-state index contributed by atoms with van der Waals surface area (Å²) in [5, 5.41) is 11.8. The van der Waals surface area contributed by atoms with Crippen LogP contribution in [0.2, 0.25) is 0 Å². The van der Waals surface area contributed by atoms with Crippen LogP contribution in [0.5, 0.6) is 17.2 Å². The van der Waals surface area contributed by atoms with Gasteiger partial charge in [-0.2, -0.15) is 0 Å².